The summed E-state index contributed by atoms with van der Waals surface area (Å²) >= 11 is 0. The number of rotatable bonds is 7. The summed E-state index contributed by atoms with van der Waals surface area (Å²) < 4.78 is 15.5. The van der Waals surface area contributed by atoms with Crippen molar-refractivity contribution in [3.63, 3.8) is 0 Å². The highest BCUT2D eigenvalue weighted by atomic mass is 16.5. The molecular weight excluding hydrogens is 406 g/mol. The highest BCUT2D eigenvalue weighted by Crippen LogP contribution is 2.43. The van der Waals surface area contributed by atoms with Gasteiger partial charge < -0.3 is 14.0 Å². The smallest absolute Gasteiger partial charge is 0.193 e. The van der Waals surface area contributed by atoms with E-state index >= 15 is 0 Å². The average Bonchev–Trinajstić information content (AvgIpc) is 3.11. The lowest BCUT2D eigenvalue weighted by atomic mass is 9.84. The summed E-state index contributed by atoms with van der Waals surface area (Å²) in [7, 11) is 0. The Labute approximate surface area is 187 Å². The van der Waals surface area contributed by atoms with Gasteiger partial charge in [0.25, 0.3) is 0 Å². The molecule has 0 fully saturated rings. The first kappa shape index (κ1) is 22.3. The van der Waals surface area contributed by atoms with Gasteiger partial charge in [-0.1, -0.05) is 32.9 Å². The van der Waals surface area contributed by atoms with Crippen molar-refractivity contribution in [3.8, 4) is 17.1 Å². The molecule has 1 atom stereocenters. The molecule has 32 heavy (non-hydrogen) atoms. The molecule has 0 saturated carbocycles. The van der Waals surface area contributed by atoms with Gasteiger partial charge in [-0.15, -0.1) is 0 Å². The van der Waals surface area contributed by atoms with Gasteiger partial charge in [-0.05, 0) is 25.3 Å². The molecule has 4 rings (SSSR count). The number of carbonyl (C=O) groups excluding carboxylic acids is 1. The van der Waals surface area contributed by atoms with Crippen LogP contribution in [-0.2, 0) is 11.3 Å². The fourth-order valence-electron chi connectivity index (χ4n) is 4.34. The second kappa shape index (κ2) is 8.54. The predicted molar refractivity (Wildman–Crippen MR) is 125 cm³/mol. The number of pyridine rings is 1. The molecule has 0 radical (unpaired) electrons. The lowest BCUT2D eigenvalue weighted by Gasteiger charge is -2.38. The molecule has 0 N–H and O–H groups in total. The molecule has 1 aromatic carbocycles. The second-order valence-corrected chi connectivity index (χ2v) is 9.36. The zero-order valence-corrected chi connectivity index (χ0v) is 19.5. The van der Waals surface area contributed by atoms with Crippen LogP contribution in [0.15, 0.2) is 35.3 Å². The minimum atomic E-state index is -0.262. The Bertz CT molecular complexity index is 1220. The molecule has 7 heteroatoms. The third-order valence-corrected chi connectivity index (χ3v) is 6.01. The van der Waals surface area contributed by atoms with E-state index in [4.69, 9.17) is 14.6 Å². The minimum absolute atomic E-state index is 0.0357. The first-order chi connectivity index (χ1) is 15.2. The fourth-order valence-corrected chi connectivity index (χ4v) is 4.34. The standard InChI is InChI=1S/C25H31N3O4/c1-6-31-11-8-12-32-21-10-7-9-17-23(21)26-28-15-22(25(3,4)5)27-14-18(16(2)29)20(30)13-19(27)24(17)28/h7,9-10,13-14,22H,6,8,11-12,15H2,1-5H3. The van der Waals surface area contributed by atoms with Crippen molar-refractivity contribution >= 4 is 16.7 Å². The number of Topliss-reactive ketones (excluding diaryl/α,β-unsaturated/α-hetero) is 1. The Kier molecular flexibility index (Phi) is 5.95. The van der Waals surface area contributed by atoms with Crippen LogP contribution in [-0.4, -0.2) is 40.0 Å². The fraction of sp³-hybridized carbons (Fsp3) is 0.480. The van der Waals surface area contributed by atoms with Gasteiger partial charge in [-0.3, -0.25) is 14.3 Å². The molecular formula is C25H31N3O4. The van der Waals surface area contributed by atoms with E-state index in [1.54, 1.807) is 12.3 Å². The predicted octanol–water partition coefficient (Wildman–Crippen LogP) is 4.47. The summed E-state index contributed by atoms with van der Waals surface area (Å²) in [5.41, 5.74) is 2.30. The van der Waals surface area contributed by atoms with Gasteiger partial charge in [0.15, 0.2) is 11.2 Å². The van der Waals surface area contributed by atoms with Crippen molar-refractivity contribution in [1.82, 2.24) is 14.3 Å². The Hall–Kier alpha value is -2.93. The Morgan fingerprint density at radius 2 is 2.03 bits per heavy atom. The van der Waals surface area contributed by atoms with Crippen LogP contribution in [0.5, 0.6) is 5.75 Å². The molecule has 0 aliphatic carbocycles. The van der Waals surface area contributed by atoms with Crippen molar-refractivity contribution in [2.24, 2.45) is 5.41 Å². The largest absolute Gasteiger partial charge is 0.491 e. The molecule has 3 heterocycles. The van der Waals surface area contributed by atoms with E-state index in [0.717, 1.165) is 34.5 Å². The summed E-state index contributed by atoms with van der Waals surface area (Å²) in [6, 6.07) is 7.50. The summed E-state index contributed by atoms with van der Waals surface area (Å²) in [5, 5.41) is 5.83. The van der Waals surface area contributed by atoms with Crippen LogP contribution in [0.4, 0.5) is 0 Å². The number of hydrogen-bond acceptors (Lipinski definition) is 5. The zero-order chi connectivity index (χ0) is 23.0. The first-order valence-corrected chi connectivity index (χ1v) is 11.2. The monoisotopic (exact) mass is 437 g/mol. The van der Waals surface area contributed by atoms with Gasteiger partial charge in [-0.25, -0.2) is 0 Å². The van der Waals surface area contributed by atoms with E-state index in [2.05, 4.69) is 25.3 Å². The van der Waals surface area contributed by atoms with Crippen LogP contribution in [0.25, 0.3) is 22.3 Å². The minimum Gasteiger partial charge on any atom is -0.491 e. The Morgan fingerprint density at radius 1 is 1.25 bits per heavy atom. The topological polar surface area (TPSA) is 75.3 Å². The number of carbonyl (C=O) groups is 1. The van der Waals surface area contributed by atoms with Gasteiger partial charge in [0.1, 0.15) is 11.3 Å². The normalized spacial score (nSPS) is 15.5. The molecule has 0 saturated heterocycles. The van der Waals surface area contributed by atoms with Crippen molar-refractivity contribution < 1.29 is 14.3 Å². The van der Waals surface area contributed by atoms with Crippen LogP contribution in [0.3, 0.4) is 0 Å². The SMILES string of the molecule is CCOCCCOc1cccc2c3n(nc12)CC(C(C)(C)C)n1cc(C(C)=O)c(=O)cc1-3. The van der Waals surface area contributed by atoms with Crippen LogP contribution in [0, 0.1) is 5.41 Å². The lowest BCUT2D eigenvalue weighted by Crippen LogP contribution is -2.35. The Balaban J connectivity index is 1.83. The summed E-state index contributed by atoms with van der Waals surface area (Å²) in [5.74, 6) is 0.507. The molecule has 0 spiro atoms. The molecule has 1 aliphatic heterocycles. The molecule has 1 aliphatic rings. The zero-order valence-electron chi connectivity index (χ0n) is 19.5. The van der Waals surface area contributed by atoms with Crippen molar-refractivity contribution in [1.29, 1.82) is 0 Å². The number of nitrogens with zero attached hydrogens (tertiary/aromatic N) is 3. The number of fused-ring (bicyclic) bond motifs is 5. The maximum atomic E-state index is 12.8. The van der Waals surface area contributed by atoms with Crippen molar-refractivity contribution in [3.05, 3.63) is 46.2 Å². The molecule has 3 aromatic rings. The van der Waals surface area contributed by atoms with E-state index in [-0.39, 0.29) is 28.2 Å². The van der Waals surface area contributed by atoms with Gasteiger partial charge in [0.05, 0.1) is 36.1 Å². The number of ether oxygens (including phenoxy) is 2. The summed E-state index contributed by atoms with van der Waals surface area (Å²) in [4.78, 5) is 24.8. The molecule has 0 bridgehead atoms. The lowest BCUT2D eigenvalue weighted by molar-refractivity contribution is 0.101. The van der Waals surface area contributed by atoms with E-state index in [1.165, 1.54) is 6.92 Å². The van der Waals surface area contributed by atoms with E-state index in [9.17, 15) is 9.59 Å². The Morgan fingerprint density at radius 3 is 2.72 bits per heavy atom. The number of ketones is 1. The third-order valence-electron chi connectivity index (χ3n) is 6.01. The maximum absolute atomic E-state index is 12.8. The average molecular weight is 438 g/mol. The first-order valence-electron chi connectivity index (χ1n) is 11.2. The van der Waals surface area contributed by atoms with Crippen molar-refractivity contribution in [2.45, 2.75) is 53.6 Å². The van der Waals surface area contributed by atoms with Gasteiger partial charge in [-0.2, -0.15) is 5.10 Å². The number of hydrogen-bond donors (Lipinski definition) is 0. The quantitative estimate of drug-likeness (QED) is 0.403. The van der Waals surface area contributed by atoms with Gasteiger partial charge in [0, 0.05) is 37.3 Å². The molecule has 170 valence electrons. The summed E-state index contributed by atoms with van der Waals surface area (Å²) in [6.45, 7) is 12.4. The van der Waals surface area contributed by atoms with Crippen LogP contribution < -0.4 is 10.2 Å². The third kappa shape index (κ3) is 3.97. The highest BCUT2D eigenvalue weighted by molar-refractivity contribution is 5.97. The second-order valence-electron chi connectivity index (χ2n) is 9.36. The van der Waals surface area contributed by atoms with Gasteiger partial charge >= 0.3 is 0 Å². The molecule has 1 unspecified atom stereocenters. The van der Waals surface area contributed by atoms with E-state index in [0.29, 0.717) is 26.4 Å². The molecule has 2 aromatic heterocycles. The number of benzene rings is 1. The van der Waals surface area contributed by atoms with Crippen LogP contribution in [0.2, 0.25) is 0 Å². The van der Waals surface area contributed by atoms with E-state index < -0.39 is 0 Å². The van der Waals surface area contributed by atoms with Crippen LogP contribution >= 0.6 is 0 Å². The molecule has 0 amide bonds. The molecule has 7 nitrogen and oxygen atoms in total. The van der Waals surface area contributed by atoms with Gasteiger partial charge in [0.2, 0.25) is 0 Å². The van der Waals surface area contributed by atoms with E-state index in [1.807, 2.05) is 29.8 Å². The number of aromatic nitrogens is 3. The highest BCUT2D eigenvalue weighted by Gasteiger charge is 2.35. The van der Waals surface area contributed by atoms with Crippen LogP contribution in [0.1, 0.15) is 57.4 Å². The van der Waals surface area contributed by atoms with Crippen molar-refractivity contribution in [2.75, 3.05) is 19.8 Å². The summed E-state index contributed by atoms with van der Waals surface area (Å²) in [6.07, 6.45) is 2.53. The maximum Gasteiger partial charge on any atom is 0.193 e.